The number of nitrogens with zero attached hydrogens (tertiary/aromatic N) is 2. The molecule has 0 spiro atoms. The summed E-state index contributed by atoms with van der Waals surface area (Å²) in [4.78, 5) is 27.2. The number of sulfonamides is 1. The van der Waals surface area contributed by atoms with E-state index in [2.05, 4.69) is 5.32 Å². The average molecular weight is 514 g/mol. The molecule has 10 heteroatoms. The minimum atomic E-state index is -3.52. The van der Waals surface area contributed by atoms with Crippen LogP contribution in [0.4, 0.5) is 5.69 Å². The van der Waals surface area contributed by atoms with E-state index < -0.39 is 16.1 Å². The maximum absolute atomic E-state index is 13.3. The van der Waals surface area contributed by atoms with E-state index in [1.54, 1.807) is 48.5 Å². The first-order valence-corrected chi connectivity index (χ1v) is 13.2. The first-order chi connectivity index (χ1) is 15.6. The second-order valence-electron chi connectivity index (χ2n) is 7.53. The Morgan fingerprint density at radius 2 is 1.64 bits per heavy atom. The maximum atomic E-state index is 13.3. The molecule has 0 radical (unpaired) electrons. The van der Waals surface area contributed by atoms with E-state index in [9.17, 15) is 18.0 Å². The van der Waals surface area contributed by atoms with Crippen LogP contribution in [0.5, 0.6) is 0 Å². The van der Waals surface area contributed by atoms with Crippen molar-refractivity contribution in [2.45, 2.75) is 38.8 Å². The van der Waals surface area contributed by atoms with Gasteiger partial charge in [-0.1, -0.05) is 54.4 Å². The molecule has 33 heavy (non-hydrogen) atoms. The van der Waals surface area contributed by atoms with Crippen molar-refractivity contribution in [1.82, 2.24) is 10.2 Å². The molecular formula is C23H29Cl2N3O4S. The van der Waals surface area contributed by atoms with Gasteiger partial charge in [-0.3, -0.25) is 13.9 Å². The summed E-state index contributed by atoms with van der Waals surface area (Å²) in [6, 6.07) is 13.1. The Balaban J connectivity index is 2.22. The molecule has 2 aromatic rings. The molecular weight excluding hydrogens is 485 g/mol. The van der Waals surface area contributed by atoms with Gasteiger partial charge in [0.15, 0.2) is 0 Å². The molecule has 0 heterocycles. The third-order valence-corrected chi connectivity index (χ3v) is 7.12. The highest BCUT2D eigenvalue weighted by atomic mass is 35.5. The van der Waals surface area contributed by atoms with E-state index in [0.717, 1.165) is 6.26 Å². The zero-order valence-corrected chi connectivity index (χ0v) is 21.3. The van der Waals surface area contributed by atoms with Crippen LogP contribution < -0.4 is 9.62 Å². The number of hydrogen-bond acceptors (Lipinski definition) is 4. The van der Waals surface area contributed by atoms with Crippen molar-refractivity contribution in [3.05, 3.63) is 64.1 Å². The van der Waals surface area contributed by atoms with E-state index in [0.29, 0.717) is 27.7 Å². The van der Waals surface area contributed by atoms with Gasteiger partial charge in [0.1, 0.15) is 6.04 Å². The van der Waals surface area contributed by atoms with Crippen LogP contribution in [0.25, 0.3) is 0 Å². The number of amides is 2. The summed E-state index contributed by atoms with van der Waals surface area (Å²) in [6.07, 6.45) is 1.85. The summed E-state index contributed by atoms with van der Waals surface area (Å²) in [5, 5.41) is 3.40. The smallest absolute Gasteiger partial charge is 0.242 e. The molecule has 0 aromatic heterocycles. The second-order valence-corrected chi connectivity index (χ2v) is 10.3. The molecule has 180 valence electrons. The summed E-state index contributed by atoms with van der Waals surface area (Å²) < 4.78 is 25.8. The van der Waals surface area contributed by atoms with Crippen molar-refractivity contribution in [2.75, 3.05) is 24.2 Å². The fraction of sp³-hybridized carbons (Fsp3) is 0.391. The van der Waals surface area contributed by atoms with E-state index >= 15 is 0 Å². The number of carbonyl (C=O) groups excluding carboxylic acids is 2. The lowest BCUT2D eigenvalue weighted by Crippen LogP contribution is -2.48. The molecule has 2 amide bonds. The monoisotopic (exact) mass is 513 g/mol. The zero-order valence-electron chi connectivity index (χ0n) is 18.9. The second kappa shape index (κ2) is 12.3. The minimum Gasteiger partial charge on any atom is -0.357 e. The third kappa shape index (κ3) is 7.35. The lowest BCUT2D eigenvalue weighted by Gasteiger charge is -2.31. The summed E-state index contributed by atoms with van der Waals surface area (Å²) in [5.41, 5.74) is 1.09. The van der Waals surface area contributed by atoms with Crippen molar-refractivity contribution >= 4 is 50.7 Å². The molecule has 0 saturated carbocycles. The van der Waals surface area contributed by atoms with E-state index in [1.165, 1.54) is 16.3 Å². The van der Waals surface area contributed by atoms with Crippen molar-refractivity contribution in [1.29, 1.82) is 0 Å². The molecule has 1 N–H and O–H groups in total. The van der Waals surface area contributed by atoms with E-state index in [-0.39, 0.29) is 37.7 Å². The van der Waals surface area contributed by atoms with Gasteiger partial charge in [0.25, 0.3) is 0 Å². The van der Waals surface area contributed by atoms with Gasteiger partial charge in [0.05, 0.1) is 11.9 Å². The van der Waals surface area contributed by atoms with Gasteiger partial charge in [-0.15, -0.1) is 0 Å². The lowest BCUT2D eigenvalue weighted by molar-refractivity contribution is -0.141. The Hall–Kier alpha value is -2.29. The normalized spacial score (nSPS) is 12.2. The number of nitrogens with one attached hydrogen (secondary N) is 1. The maximum Gasteiger partial charge on any atom is 0.242 e. The van der Waals surface area contributed by atoms with Gasteiger partial charge < -0.3 is 10.2 Å². The molecule has 7 nitrogen and oxygen atoms in total. The number of benzene rings is 2. The Kier molecular flexibility index (Phi) is 10.0. The van der Waals surface area contributed by atoms with Crippen LogP contribution in [0, 0.1) is 0 Å². The van der Waals surface area contributed by atoms with E-state index in [1.807, 2.05) is 6.92 Å². The quantitative estimate of drug-likeness (QED) is 0.490. The minimum absolute atomic E-state index is 0.0500. The molecule has 0 bridgehead atoms. The largest absolute Gasteiger partial charge is 0.357 e. The Bertz CT molecular complexity index is 1040. The van der Waals surface area contributed by atoms with Crippen LogP contribution in [-0.4, -0.2) is 51.0 Å². The number of rotatable bonds is 11. The number of hydrogen-bond donors (Lipinski definition) is 1. The first-order valence-electron chi connectivity index (χ1n) is 10.6. The number of carbonyl (C=O) groups is 2. The van der Waals surface area contributed by atoms with Crippen molar-refractivity contribution in [3.63, 3.8) is 0 Å². The van der Waals surface area contributed by atoms with Crippen LogP contribution in [0.1, 0.15) is 31.7 Å². The molecule has 0 aliphatic heterocycles. The fourth-order valence-corrected chi connectivity index (χ4v) is 5.02. The average Bonchev–Trinajstić information content (AvgIpc) is 2.77. The molecule has 0 saturated heterocycles. The fourth-order valence-electron chi connectivity index (χ4n) is 3.54. The summed E-state index contributed by atoms with van der Waals surface area (Å²) in [5.74, 6) is -0.584. The molecule has 0 aliphatic carbocycles. The summed E-state index contributed by atoms with van der Waals surface area (Å²) >= 11 is 12.6. The highest BCUT2D eigenvalue weighted by molar-refractivity contribution is 7.92. The molecule has 2 aromatic carbocycles. The molecule has 1 atom stereocenters. The van der Waals surface area contributed by atoms with Gasteiger partial charge in [-0.2, -0.15) is 0 Å². The highest BCUT2D eigenvalue weighted by Gasteiger charge is 2.29. The van der Waals surface area contributed by atoms with Gasteiger partial charge in [0, 0.05) is 42.2 Å². The molecule has 0 unspecified atom stereocenters. The van der Waals surface area contributed by atoms with Crippen LogP contribution in [0.3, 0.4) is 0 Å². The number of likely N-dealkylation sites (N-methyl/N-ethyl adjacent to an activating group) is 1. The number of anilines is 1. The molecule has 0 fully saturated rings. The Morgan fingerprint density at radius 3 is 2.15 bits per heavy atom. The molecule has 2 rings (SSSR count). The van der Waals surface area contributed by atoms with Crippen molar-refractivity contribution in [2.24, 2.45) is 0 Å². The first kappa shape index (κ1) is 27.0. The number of para-hydroxylation sites is 1. The summed E-state index contributed by atoms with van der Waals surface area (Å²) in [6.45, 7) is 2.01. The number of halogens is 2. The van der Waals surface area contributed by atoms with Crippen molar-refractivity contribution in [3.8, 4) is 0 Å². The van der Waals surface area contributed by atoms with Crippen LogP contribution in [0.15, 0.2) is 48.5 Å². The summed E-state index contributed by atoms with van der Waals surface area (Å²) in [7, 11) is -2.01. The third-order valence-electron chi connectivity index (χ3n) is 5.22. The predicted molar refractivity (Wildman–Crippen MR) is 133 cm³/mol. The lowest BCUT2D eigenvalue weighted by atomic mass is 10.1. The standard InChI is InChI=1S/C23H29Cl2N3O4S/c1-4-21(23(30)26-2)27(16-18-19(24)12-8-13-20(18)25)22(29)14-9-15-28(33(3,31)32)17-10-6-5-7-11-17/h5-8,10-13,21H,4,9,14-16H2,1-3H3,(H,26,30)/t21-/m0/s1. The highest BCUT2D eigenvalue weighted by Crippen LogP contribution is 2.27. The Labute approximate surface area is 205 Å². The van der Waals surface area contributed by atoms with Crippen LogP contribution in [0.2, 0.25) is 10.0 Å². The predicted octanol–water partition coefficient (Wildman–Crippen LogP) is 4.09. The van der Waals surface area contributed by atoms with Crippen LogP contribution in [-0.2, 0) is 26.2 Å². The molecule has 0 aliphatic rings. The topological polar surface area (TPSA) is 86.8 Å². The SMILES string of the molecule is CC[C@@H](C(=O)NC)N(Cc1c(Cl)cccc1Cl)C(=O)CCCN(c1ccccc1)S(C)(=O)=O. The van der Waals surface area contributed by atoms with Gasteiger partial charge >= 0.3 is 0 Å². The van der Waals surface area contributed by atoms with Crippen LogP contribution >= 0.6 is 23.2 Å². The zero-order chi connectivity index (χ0) is 24.6. The van der Waals surface area contributed by atoms with Gasteiger partial charge in [-0.05, 0) is 37.1 Å². The van der Waals surface area contributed by atoms with Gasteiger partial charge in [0.2, 0.25) is 21.8 Å². The van der Waals surface area contributed by atoms with E-state index in [4.69, 9.17) is 23.2 Å². The van der Waals surface area contributed by atoms with Gasteiger partial charge in [-0.25, -0.2) is 8.42 Å². The van der Waals surface area contributed by atoms with Crippen molar-refractivity contribution < 1.29 is 18.0 Å². The Morgan fingerprint density at radius 1 is 1.03 bits per heavy atom.